The molecule has 102 valence electrons. The van der Waals surface area contributed by atoms with Gasteiger partial charge in [-0.25, -0.2) is 0 Å². The van der Waals surface area contributed by atoms with Crippen LogP contribution in [0.1, 0.15) is 43.7 Å². The van der Waals surface area contributed by atoms with Crippen molar-refractivity contribution in [2.75, 3.05) is 0 Å². The summed E-state index contributed by atoms with van der Waals surface area (Å²) < 4.78 is 0. The van der Waals surface area contributed by atoms with Gasteiger partial charge in [-0.2, -0.15) is 0 Å². The summed E-state index contributed by atoms with van der Waals surface area (Å²) in [5.41, 5.74) is 1.98. The average Bonchev–Trinajstić information content (AvgIpc) is 2.79. The number of aliphatic carboxylic acids is 1. The highest BCUT2D eigenvalue weighted by molar-refractivity contribution is 5.77. The van der Waals surface area contributed by atoms with Gasteiger partial charge in [-0.1, -0.05) is 44.0 Å². The van der Waals surface area contributed by atoms with Crippen LogP contribution >= 0.6 is 0 Å². The van der Waals surface area contributed by atoms with E-state index >= 15 is 0 Å². The number of carboxylic acids is 1. The molecule has 0 aliphatic heterocycles. The molecule has 1 fully saturated rings. The number of carbonyl (C=O) groups is 1. The molecule has 2 atom stereocenters. The van der Waals surface area contributed by atoms with Gasteiger partial charge in [0.05, 0.1) is 5.41 Å². The molecule has 2 aliphatic rings. The molecule has 2 heteroatoms. The van der Waals surface area contributed by atoms with Crippen molar-refractivity contribution < 1.29 is 9.90 Å². The van der Waals surface area contributed by atoms with Crippen LogP contribution in [0.2, 0.25) is 0 Å². The first-order valence-electron chi connectivity index (χ1n) is 7.42. The Hall–Kier alpha value is -1.31. The van der Waals surface area contributed by atoms with Gasteiger partial charge in [0.1, 0.15) is 0 Å². The van der Waals surface area contributed by atoms with E-state index in [1.54, 1.807) is 0 Å². The molecular formula is C17H22O2. The summed E-state index contributed by atoms with van der Waals surface area (Å²) in [5.74, 6) is 0.447. The summed E-state index contributed by atoms with van der Waals surface area (Å²) in [6.45, 7) is 2.27. The van der Waals surface area contributed by atoms with Gasteiger partial charge in [0.15, 0.2) is 0 Å². The predicted octanol–water partition coefficient (Wildman–Crippen LogP) is 3.68. The van der Waals surface area contributed by atoms with Crippen molar-refractivity contribution in [3.05, 3.63) is 35.4 Å². The van der Waals surface area contributed by atoms with E-state index in [0.29, 0.717) is 11.8 Å². The summed E-state index contributed by atoms with van der Waals surface area (Å²) in [5, 5.41) is 9.87. The van der Waals surface area contributed by atoms with Gasteiger partial charge < -0.3 is 5.11 Å². The minimum atomic E-state index is -0.581. The molecule has 1 aromatic carbocycles. The molecule has 0 saturated heterocycles. The van der Waals surface area contributed by atoms with Gasteiger partial charge >= 0.3 is 5.97 Å². The zero-order chi connectivity index (χ0) is 13.5. The van der Waals surface area contributed by atoms with Crippen molar-refractivity contribution in [2.45, 2.75) is 45.4 Å². The summed E-state index contributed by atoms with van der Waals surface area (Å²) >= 11 is 0. The van der Waals surface area contributed by atoms with Gasteiger partial charge in [-0.3, -0.25) is 4.79 Å². The summed E-state index contributed by atoms with van der Waals surface area (Å²) in [4.78, 5) is 12.0. The van der Waals surface area contributed by atoms with Crippen molar-refractivity contribution >= 4 is 5.97 Å². The van der Waals surface area contributed by atoms with E-state index in [1.165, 1.54) is 24.0 Å². The third kappa shape index (κ3) is 2.07. The second-order valence-corrected chi connectivity index (χ2v) is 6.55. The molecule has 3 rings (SSSR count). The highest BCUT2D eigenvalue weighted by atomic mass is 16.4. The van der Waals surface area contributed by atoms with Crippen molar-refractivity contribution in [2.24, 2.45) is 17.3 Å². The number of hydrogen-bond donors (Lipinski definition) is 1. The normalized spacial score (nSPS) is 28.9. The number of rotatable bonds is 2. The number of hydrogen-bond acceptors (Lipinski definition) is 1. The molecule has 2 nitrogen and oxygen atoms in total. The Kier molecular flexibility index (Phi) is 3.12. The lowest BCUT2D eigenvalue weighted by atomic mass is 9.65. The fourth-order valence-corrected chi connectivity index (χ4v) is 4.20. The Labute approximate surface area is 114 Å². The molecule has 0 radical (unpaired) electrons. The van der Waals surface area contributed by atoms with E-state index in [-0.39, 0.29) is 0 Å². The predicted molar refractivity (Wildman–Crippen MR) is 75.0 cm³/mol. The van der Waals surface area contributed by atoms with Crippen molar-refractivity contribution in [3.63, 3.8) is 0 Å². The first kappa shape index (κ1) is 12.7. The number of fused-ring (bicyclic) bond motifs is 1. The molecular weight excluding hydrogens is 236 g/mol. The largest absolute Gasteiger partial charge is 0.481 e. The van der Waals surface area contributed by atoms with Crippen molar-refractivity contribution in [1.82, 2.24) is 0 Å². The Morgan fingerprint density at radius 3 is 2.37 bits per heavy atom. The van der Waals surface area contributed by atoms with Gasteiger partial charge in [0.2, 0.25) is 0 Å². The summed E-state index contributed by atoms with van der Waals surface area (Å²) in [7, 11) is 0. The van der Waals surface area contributed by atoms with Crippen LogP contribution in [-0.2, 0) is 17.6 Å². The van der Waals surface area contributed by atoms with E-state index in [2.05, 4.69) is 19.1 Å². The van der Waals surface area contributed by atoms with E-state index in [9.17, 15) is 9.90 Å². The second kappa shape index (κ2) is 4.66. The standard InChI is InChI=1S/C17H22O2/c1-12-5-4-8-15(9-12)17(16(18)19)10-13-6-2-3-7-14(13)11-17/h2-3,6-7,12,15H,4-5,8-11H2,1H3,(H,18,19). The first-order valence-corrected chi connectivity index (χ1v) is 7.42. The van der Waals surface area contributed by atoms with Gasteiger partial charge in [-0.15, -0.1) is 0 Å². The molecule has 2 aliphatic carbocycles. The maximum atomic E-state index is 12.0. The quantitative estimate of drug-likeness (QED) is 0.878. The number of carboxylic acid groups (broad SMARTS) is 1. The Balaban J connectivity index is 1.92. The van der Waals surface area contributed by atoms with E-state index in [4.69, 9.17) is 0 Å². The van der Waals surface area contributed by atoms with Crippen molar-refractivity contribution in [1.29, 1.82) is 0 Å². The average molecular weight is 258 g/mol. The Morgan fingerprint density at radius 1 is 1.21 bits per heavy atom. The Bertz CT molecular complexity index is 467. The lowest BCUT2D eigenvalue weighted by Gasteiger charge is -2.38. The molecule has 2 unspecified atom stereocenters. The van der Waals surface area contributed by atoms with Crippen LogP contribution in [0.3, 0.4) is 0 Å². The maximum absolute atomic E-state index is 12.0. The molecule has 1 N–H and O–H groups in total. The van der Waals surface area contributed by atoms with Crippen LogP contribution in [0, 0.1) is 17.3 Å². The molecule has 0 spiro atoms. The fourth-order valence-electron chi connectivity index (χ4n) is 4.20. The van der Waals surface area contributed by atoms with Crippen LogP contribution < -0.4 is 0 Å². The zero-order valence-electron chi connectivity index (χ0n) is 11.6. The van der Waals surface area contributed by atoms with Crippen LogP contribution in [0.25, 0.3) is 0 Å². The minimum Gasteiger partial charge on any atom is -0.481 e. The highest BCUT2D eigenvalue weighted by Crippen LogP contribution is 2.49. The molecule has 0 amide bonds. The van der Waals surface area contributed by atoms with E-state index < -0.39 is 11.4 Å². The van der Waals surface area contributed by atoms with Gasteiger partial charge in [-0.05, 0) is 48.6 Å². The molecule has 0 aromatic heterocycles. The minimum absolute atomic E-state index is 0.348. The highest BCUT2D eigenvalue weighted by Gasteiger charge is 2.50. The first-order chi connectivity index (χ1) is 9.12. The van der Waals surface area contributed by atoms with E-state index in [1.807, 2.05) is 12.1 Å². The van der Waals surface area contributed by atoms with Crippen molar-refractivity contribution in [3.8, 4) is 0 Å². The monoisotopic (exact) mass is 258 g/mol. The number of benzene rings is 1. The maximum Gasteiger partial charge on any atom is 0.310 e. The lowest BCUT2D eigenvalue weighted by Crippen LogP contribution is -2.41. The third-order valence-electron chi connectivity index (χ3n) is 5.27. The lowest BCUT2D eigenvalue weighted by molar-refractivity contribution is -0.153. The van der Waals surface area contributed by atoms with Gasteiger partial charge in [0, 0.05) is 0 Å². The fraction of sp³-hybridized carbons (Fsp3) is 0.588. The molecule has 19 heavy (non-hydrogen) atoms. The summed E-state index contributed by atoms with van der Waals surface area (Å²) in [6, 6.07) is 8.26. The molecule has 0 heterocycles. The molecule has 0 bridgehead atoms. The van der Waals surface area contributed by atoms with Crippen LogP contribution in [-0.4, -0.2) is 11.1 Å². The molecule has 1 aromatic rings. The zero-order valence-corrected chi connectivity index (χ0v) is 11.6. The van der Waals surface area contributed by atoms with E-state index in [0.717, 1.165) is 25.7 Å². The molecule has 1 saturated carbocycles. The van der Waals surface area contributed by atoms with Gasteiger partial charge in [0.25, 0.3) is 0 Å². The van der Waals surface area contributed by atoms with Crippen LogP contribution in [0.4, 0.5) is 0 Å². The van der Waals surface area contributed by atoms with Crippen LogP contribution in [0.15, 0.2) is 24.3 Å². The second-order valence-electron chi connectivity index (χ2n) is 6.55. The van der Waals surface area contributed by atoms with Crippen LogP contribution in [0.5, 0.6) is 0 Å². The topological polar surface area (TPSA) is 37.3 Å². The third-order valence-corrected chi connectivity index (χ3v) is 5.27. The summed E-state index contributed by atoms with van der Waals surface area (Å²) in [6.07, 6.45) is 6.09. The SMILES string of the molecule is CC1CCCC(C2(C(=O)O)Cc3ccccc3C2)C1. The Morgan fingerprint density at radius 2 is 1.84 bits per heavy atom. The smallest absolute Gasteiger partial charge is 0.310 e.